The molecule has 0 unspecified atom stereocenters. The third-order valence-electron chi connectivity index (χ3n) is 6.23. The number of carbonyl (C=O) groups excluding carboxylic acids is 1. The summed E-state index contributed by atoms with van der Waals surface area (Å²) in [7, 11) is 0. The molecule has 9 heteroatoms. The summed E-state index contributed by atoms with van der Waals surface area (Å²) >= 11 is 5.90. The summed E-state index contributed by atoms with van der Waals surface area (Å²) in [5.74, 6) is 0.0997. The standard InChI is InChI=1S/C24H32ClFN6O/c1-15(2)29-23-28-13-17-8-10-32(14-22(17)30-23)24(33)31-21(12-18-5-3-4-9-27-18)16-6-7-19(25)20(26)11-16/h6-7,11,13,15,18,21,27H,3-5,8-10,12,14H2,1-2H3,(H,31,33)(H,28,29,30)/t18-,21-/m1/s1. The zero-order valence-corrected chi connectivity index (χ0v) is 20.0. The van der Waals surface area contributed by atoms with E-state index in [1.54, 1.807) is 17.0 Å². The first-order valence-electron chi connectivity index (χ1n) is 11.7. The number of urea groups is 1. The summed E-state index contributed by atoms with van der Waals surface area (Å²) in [5, 5.41) is 9.97. The van der Waals surface area contributed by atoms with Gasteiger partial charge in [0.15, 0.2) is 0 Å². The van der Waals surface area contributed by atoms with Gasteiger partial charge in [-0.2, -0.15) is 0 Å². The number of hydrogen-bond donors (Lipinski definition) is 3. The highest BCUT2D eigenvalue weighted by Gasteiger charge is 2.27. The van der Waals surface area contributed by atoms with E-state index in [1.165, 1.54) is 6.07 Å². The maximum atomic E-state index is 14.2. The third kappa shape index (κ3) is 6.12. The molecule has 2 aliphatic rings. The fourth-order valence-corrected chi connectivity index (χ4v) is 4.58. The van der Waals surface area contributed by atoms with Crippen molar-refractivity contribution in [3.8, 4) is 0 Å². The van der Waals surface area contributed by atoms with Crippen molar-refractivity contribution in [1.29, 1.82) is 0 Å². The van der Waals surface area contributed by atoms with E-state index in [1.807, 2.05) is 20.0 Å². The van der Waals surface area contributed by atoms with Gasteiger partial charge in [0.05, 0.1) is 23.3 Å². The molecule has 0 spiro atoms. The van der Waals surface area contributed by atoms with Gasteiger partial charge in [-0.25, -0.2) is 19.2 Å². The van der Waals surface area contributed by atoms with Crippen molar-refractivity contribution in [3.05, 3.63) is 52.1 Å². The molecule has 0 radical (unpaired) electrons. The van der Waals surface area contributed by atoms with Crippen molar-refractivity contribution in [2.24, 2.45) is 0 Å². The van der Waals surface area contributed by atoms with E-state index in [0.717, 1.165) is 42.6 Å². The van der Waals surface area contributed by atoms with E-state index >= 15 is 0 Å². The molecule has 1 fully saturated rings. The minimum atomic E-state index is -0.473. The van der Waals surface area contributed by atoms with Crippen LogP contribution in [-0.2, 0) is 13.0 Å². The number of fused-ring (bicyclic) bond motifs is 1. The monoisotopic (exact) mass is 474 g/mol. The summed E-state index contributed by atoms with van der Waals surface area (Å²) in [5.41, 5.74) is 2.65. The molecule has 2 aliphatic heterocycles. The number of halogens is 2. The van der Waals surface area contributed by atoms with Crippen LogP contribution in [0, 0.1) is 5.82 Å². The number of hydrogen-bond acceptors (Lipinski definition) is 5. The van der Waals surface area contributed by atoms with E-state index in [9.17, 15) is 9.18 Å². The molecule has 1 aromatic carbocycles. The number of anilines is 1. The van der Waals surface area contributed by atoms with Gasteiger partial charge in [-0.05, 0) is 69.3 Å². The molecule has 1 aromatic heterocycles. The van der Waals surface area contributed by atoms with Crippen LogP contribution in [-0.4, -0.2) is 46.1 Å². The molecule has 0 bridgehead atoms. The van der Waals surface area contributed by atoms with E-state index in [-0.39, 0.29) is 29.2 Å². The lowest BCUT2D eigenvalue weighted by atomic mass is 9.94. The Bertz CT molecular complexity index is 981. The first-order valence-corrected chi connectivity index (χ1v) is 12.1. The molecule has 33 heavy (non-hydrogen) atoms. The highest BCUT2D eigenvalue weighted by Crippen LogP contribution is 2.27. The number of carbonyl (C=O) groups is 1. The Kier molecular flexibility index (Phi) is 7.65. The lowest BCUT2D eigenvalue weighted by Gasteiger charge is -2.32. The molecule has 0 saturated carbocycles. The number of aromatic nitrogens is 2. The molecule has 3 heterocycles. The van der Waals surface area contributed by atoms with Crippen molar-refractivity contribution in [2.45, 2.75) is 70.6 Å². The van der Waals surface area contributed by atoms with Crippen molar-refractivity contribution >= 4 is 23.6 Å². The molecular weight excluding hydrogens is 443 g/mol. The molecule has 178 valence electrons. The lowest BCUT2D eigenvalue weighted by Crippen LogP contribution is -2.46. The Morgan fingerprint density at radius 1 is 1.36 bits per heavy atom. The summed E-state index contributed by atoms with van der Waals surface area (Å²) < 4.78 is 14.2. The number of nitrogens with one attached hydrogen (secondary N) is 3. The second-order valence-corrected chi connectivity index (χ2v) is 9.60. The fraction of sp³-hybridized carbons (Fsp3) is 0.542. The third-order valence-corrected chi connectivity index (χ3v) is 6.53. The highest BCUT2D eigenvalue weighted by atomic mass is 35.5. The Labute approximate surface area is 199 Å². The smallest absolute Gasteiger partial charge is 0.318 e. The van der Waals surface area contributed by atoms with Gasteiger partial charge in [0.25, 0.3) is 0 Å². The van der Waals surface area contributed by atoms with Gasteiger partial charge in [0.2, 0.25) is 5.95 Å². The quantitative estimate of drug-likeness (QED) is 0.577. The summed E-state index contributed by atoms with van der Waals surface area (Å²) in [6.45, 7) is 6.03. The molecule has 7 nitrogen and oxygen atoms in total. The van der Waals surface area contributed by atoms with Crippen molar-refractivity contribution < 1.29 is 9.18 Å². The maximum Gasteiger partial charge on any atom is 0.318 e. The Morgan fingerprint density at radius 2 is 2.21 bits per heavy atom. The Morgan fingerprint density at radius 3 is 2.94 bits per heavy atom. The van der Waals surface area contributed by atoms with Crippen LogP contribution in [0.3, 0.4) is 0 Å². The molecule has 2 atom stereocenters. The average molecular weight is 475 g/mol. The van der Waals surface area contributed by atoms with Gasteiger partial charge in [-0.15, -0.1) is 0 Å². The second kappa shape index (κ2) is 10.7. The first kappa shape index (κ1) is 23.7. The molecule has 2 aromatic rings. The lowest BCUT2D eigenvalue weighted by molar-refractivity contribution is 0.185. The molecule has 2 amide bonds. The van der Waals surface area contributed by atoms with Crippen LogP contribution in [0.25, 0.3) is 0 Å². The van der Waals surface area contributed by atoms with Crippen LogP contribution in [0.5, 0.6) is 0 Å². The van der Waals surface area contributed by atoms with E-state index < -0.39 is 5.82 Å². The van der Waals surface area contributed by atoms with Crippen LogP contribution < -0.4 is 16.0 Å². The number of piperidine rings is 1. The van der Waals surface area contributed by atoms with Crippen molar-refractivity contribution in [2.75, 3.05) is 18.4 Å². The van der Waals surface area contributed by atoms with E-state index in [2.05, 4.69) is 25.9 Å². The minimum Gasteiger partial charge on any atom is -0.352 e. The Hall–Kier alpha value is -2.45. The molecular formula is C24H32ClFN6O. The minimum absolute atomic E-state index is 0.0813. The number of rotatable bonds is 6. The molecule has 4 rings (SSSR count). The predicted octanol–water partition coefficient (Wildman–Crippen LogP) is 4.43. The van der Waals surface area contributed by atoms with Crippen molar-refractivity contribution in [3.63, 3.8) is 0 Å². The summed E-state index contributed by atoms with van der Waals surface area (Å²) in [6, 6.07) is 4.79. The zero-order valence-electron chi connectivity index (χ0n) is 19.2. The fourth-order valence-electron chi connectivity index (χ4n) is 4.46. The van der Waals surface area contributed by atoms with Crippen LogP contribution in [0.15, 0.2) is 24.4 Å². The predicted molar refractivity (Wildman–Crippen MR) is 128 cm³/mol. The first-order chi connectivity index (χ1) is 15.9. The zero-order chi connectivity index (χ0) is 23.4. The van der Waals surface area contributed by atoms with Gasteiger partial charge in [-0.3, -0.25) is 0 Å². The topological polar surface area (TPSA) is 82.2 Å². The molecule has 3 N–H and O–H groups in total. The highest BCUT2D eigenvalue weighted by molar-refractivity contribution is 6.30. The SMILES string of the molecule is CC(C)Nc1ncc2c(n1)CN(C(=O)N[C@H](C[C@H]1CCCCN1)c1ccc(Cl)c(F)c1)CC2. The van der Waals surface area contributed by atoms with Crippen LogP contribution in [0.2, 0.25) is 5.02 Å². The van der Waals surface area contributed by atoms with E-state index in [0.29, 0.717) is 31.9 Å². The van der Waals surface area contributed by atoms with Crippen LogP contribution in [0.4, 0.5) is 15.1 Å². The molecule has 0 aliphatic carbocycles. The normalized spacial score (nSPS) is 19.2. The van der Waals surface area contributed by atoms with Crippen LogP contribution in [0.1, 0.15) is 62.4 Å². The second-order valence-electron chi connectivity index (χ2n) is 9.19. The summed E-state index contributed by atoms with van der Waals surface area (Å²) in [4.78, 5) is 24.0. The van der Waals surface area contributed by atoms with Gasteiger partial charge < -0.3 is 20.9 Å². The van der Waals surface area contributed by atoms with Gasteiger partial charge in [0, 0.05) is 24.8 Å². The van der Waals surface area contributed by atoms with Crippen LogP contribution >= 0.6 is 11.6 Å². The van der Waals surface area contributed by atoms with Gasteiger partial charge >= 0.3 is 6.03 Å². The maximum absolute atomic E-state index is 14.2. The van der Waals surface area contributed by atoms with E-state index in [4.69, 9.17) is 11.6 Å². The van der Waals surface area contributed by atoms with Crippen molar-refractivity contribution in [1.82, 2.24) is 25.5 Å². The van der Waals surface area contributed by atoms with Gasteiger partial charge in [0.1, 0.15) is 5.82 Å². The summed E-state index contributed by atoms with van der Waals surface area (Å²) in [6.07, 6.45) is 6.60. The number of benzene rings is 1. The number of amides is 2. The Balaban J connectivity index is 1.48. The largest absolute Gasteiger partial charge is 0.352 e. The molecule has 1 saturated heterocycles. The van der Waals surface area contributed by atoms with Gasteiger partial charge in [-0.1, -0.05) is 24.1 Å². The number of nitrogens with zero attached hydrogens (tertiary/aromatic N) is 3. The average Bonchev–Trinajstić information content (AvgIpc) is 2.80.